The van der Waals surface area contributed by atoms with Crippen molar-refractivity contribution in [2.24, 2.45) is 5.92 Å². The molecule has 1 saturated heterocycles. The Morgan fingerprint density at radius 3 is 2.44 bits per heavy atom. The predicted molar refractivity (Wildman–Crippen MR) is 106 cm³/mol. The summed E-state index contributed by atoms with van der Waals surface area (Å²) in [7, 11) is 3.26. The fourth-order valence-electron chi connectivity index (χ4n) is 3.55. The summed E-state index contributed by atoms with van der Waals surface area (Å²) in [5, 5.41) is 6.59. The lowest BCUT2D eigenvalue weighted by atomic mass is 9.94. The molecule has 2 aromatic rings. The van der Waals surface area contributed by atoms with E-state index in [4.69, 9.17) is 9.47 Å². The van der Waals surface area contributed by atoms with Crippen molar-refractivity contribution in [2.45, 2.75) is 25.3 Å². The monoisotopic (exact) mass is 368 g/mol. The van der Waals surface area contributed by atoms with E-state index in [2.05, 4.69) is 22.8 Å². The molecule has 1 heterocycles. The average Bonchev–Trinajstić information content (AvgIpc) is 2.74. The van der Waals surface area contributed by atoms with Crippen LogP contribution in [0.5, 0.6) is 11.5 Å². The van der Waals surface area contributed by atoms with Crippen LogP contribution in [-0.2, 0) is 11.2 Å². The lowest BCUT2D eigenvalue weighted by molar-refractivity contribution is -0.126. The highest BCUT2D eigenvalue weighted by Crippen LogP contribution is 2.30. The van der Waals surface area contributed by atoms with Crippen LogP contribution in [0.4, 0.5) is 0 Å². The molecule has 1 amide bonds. The van der Waals surface area contributed by atoms with Gasteiger partial charge in [0.1, 0.15) is 0 Å². The Hall–Kier alpha value is -2.53. The summed E-state index contributed by atoms with van der Waals surface area (Å²) in [5.74, 6) is 1.64. The van der Waals surface area contributed by atoms with Gasteiger partial charge in [-0.05, 0) is 55.6 Å². The number of benzene rings is 2. The van der Waals surface area contributed by atoms with Gasteiger partial charge in [0.25, 0.3) is 0 Å². The van der Waals surface area contributed by atoms with Gasteiger partial charge in [-0.3, -0.25) is 4.79 Å². The summed E-state index contributed by atoms with van der Waals surface area (Å²) >= 11 is 0. The summed E-state index contributed by atoms with van der Waals surface area (Å²) in [6.45, 7) is 1.81. The van der Waals surface area contributed by atoms with E-state index in [9.17, 15) is 4.79 Å². The Morgan fingerprint density at radius 1 is 1.07 bits per heavy atom. The zero-order chi connectivity index (χ0) is 19.1. The number of methoxy groups -OCH3 is 2. The van der Waals surface area contributed by atoms with Crippen LogP contribution >= 0.6 is 0 Å². The molecule has 1 unspecified atom stereocenters. The minimum atomic E-state index is -0.0771. The first-order chi connectivity index (χ1) is 13.2. The molecule has 1 aliphatic heterocycles. The first-order valence-corrected chi connectivity index (χ1v) is 9.48. The van der Waals surface area contributed by atoms with Crippen molar-refractivity contribution in [3.63, 3.8) is 0 Å². The molecule has 2 N–H and O–H groups in total. The third kappa shape index (κ3) is 5.01. The molecule has 0 saturated carbocycles. The smallest absolute Gasteiger partial charge is 0.223 e. The normalized spacial score (nSPS) is 15.8. The van der Waals surface area contributed by atoms with Crippen LogP contribution < -0.4 is 20.1 Å². The SMILES string of the molecule is COc1ccc(CC(NC(=O)C2CCNCC2)c2ccccc2)cc1OC. The number of carbonyl (C=O) groups is 1. The Balaban J connectivity index is 1.79. The molecule has 0 aliphatic carbocycles. The predicted octanol–water partition coefficient (Wildman–Crippen LogP) is 3.10. The quantitative estimate of drug-likeness (QED) is 0.788. The molecule has 5 heteroatoms. The number of piperidine rings is 1. The maximum atomic E-state index is 12.8. The van der Waals surface area contributed by atoms with E-state index >= 15 is 0 Å². The molecule has 2 aromatic carbocycles. The second-order valence-corrected chi connectivity index (χ2v) is 6.89. The largest absolute Gasteiger partial charge is 0.493 e. The fourth-order valence-corrected chi connectivity index (χ4v) is 3.55. The third-order valence-electron chi connectivity index (χ3n) is 5.12. The Morgan fingerprint density at radius 2 is 1.78 bits per heavy atom. The zero-order valence-electron chi connectivity index (χ0n) is 16.0. The molecule has 5 nitrogen and oxygen atoms in total. The van der Waals surface area contributed by atoms with Gasteiger partial charge in [-0.1, -0.05) is 36.4 Å². The molecular weight excluding hydrogens is 340 g/mol. The van der Waals surface area contributed by atoms with Crippen molar-refractivity contribution in [1.29, 1.82) is 0 Å². The molecular formula is C22H28N2O3. The molecule has 1 atom stereocenters. The minimum Gasteiger partial charge on any atom is -0.493 e. The molecule has 0 radical (unpaired) electrons. The van der Waals surface area contributed by atoms with Crippen LogP contribution in [0.25, 0.3) is 0 Å². The lowest BCUT2D eigenvalue weighted by Crippen LogP contribution is -2.40. The van der Waals surface area contributed by atoms with Crippen molar-refractivity contribution >= 4 is 5.91 Å². The van der Waals surface area contributed by atoms with Crippen LogP contribution in [-0.4, -0.2) is 33.2 Å². The molecule has 0 bridgehead atoms. The molecule has 1 aliphatic rings. The van der Waals surface area contributed by atoms with Gasteiger partial charge in [-0.25, -0.2) is 0 Å². The summed E-state index contributed by atoms with van der Waals surface area (Å²) in [4.78, 5) is 12.8. The van der Waals surface area contributed by atoms with E-state index in [0.29, 0.717) is 17.9 Å². The maximum Gasteiger partial charge on any atom is 0.223 e. The summed E-state index contributed by atoms with van der Waals surface area (Å²) in [5.41, 5.74) is 2.20. The van der Waals surface area contributed by atoms with Crippen LogP contribution in [0.15, 0.2) is 48.5 Å². The second kappa shape index (κ2) is 9.42. The van der Waals surface area contributed by atoms with Crippen LogP contribution in [0.3, 0.4) is 0 Å². The number of hydrogen-bond acceptors (Lipinski definition) is 4. The molecule has 0 spiro atoms. The number of amides is 1. The first kappa shape index (κ1) is 19.2. The van der Waals surface area contributed by atoms with E-state index in [1.54, 1.807) is 14.2 Å². The highest BCUT2D eigenvalue weighted by Gasteiger charge is 2.24. The molecule has 1 fully saturated rings. The topological polar surface area (TPSA) is 59.6 Å². The van der Waals surface area contributed by atoms with Crippen molar-refractivity contribution in [3.8, 4) is 11.5 Å². The number of ether oxygens (including phenoxy) is 2. The lowest BCUT2D eigenvalue weighted by Gasteiger charge is -2.26. The Bertz CT molecular complexity index is 742. The number of hydrogen-bond donors (Lipinski definition) is 2. The Labute approximate surface area is 161 Å². The molecule has 144 valence electrons. The summed E-state index contributed by atoms with van der Waals surface area (Å²) in [6, 6.07) is 16.0. The van der Waals surface area contributed by atoms with E-state index in [1.165, 1.54) is 0 Å². The summed E-state index contributed by atoms with van der Waals surface area (Å²) < 4.78 is 10.7. The molecule has 0 aromatic heterocycles. The second-order valence-electron chi connectivity index (χ2n) is 6.89. The van der Waals surface area contributed by atoms with Gasteiger partial charge in [0, 0.05) is 5.92 Å². The summed E-state index contributed by atoms with van der Waals surface area (Å²) in [6.07, 6.45) is 2.48. The minimum absolute atomic E-state index is 0.0771. The fraction of sp³-hybridized carbons (Fsp3) is 0.409. The average molecular weight is 368 g/mol. The highest BCUT2D eigenvalue weighted by molar-refractivity contribution is 5.79. The van der Waals surface area contributed by atoms with E-state index < -0.39 is 0 Å². The molecule has 27 heavy (non-hydrogen) atoms. The van der Waals surface area contributed by atoms with Gasteiger partial charge < -0.3 is 20.1 Å². The van der Waals surface area contributed by atoms with E-state index in [0.717, 1.165) is 37.1 Å². The van der Waals surface area contributed by atoms with Gasteiger partial charge in [0.2, 0.25) is 5.91 Å². The van der Waals surface area contributed by atoms with Crippen molar-refractivity contribution in [3.05, 3.63) is 59.7 Å². The van der Waals surface area contributed by atoms with Gasteiger partial charge in [0.15, 0.2) is 11.5 Å². The van der Waals surface area contributed by atoms with E-state index in [-0.39, 0.29) is 17.9 Å². The van der Waals surface area contributed by atoms with E-state index in [1.807, 2.05) is 36.4 Å². The standard InChI is InChI=1S/C22H28N2O3/c1-26-20-9-8-16(15-21(20)27-2)14-19(17-6-4-3-5-7-17)24-22(25)18-10-12-23-13-11-18/h3-9,15,18-19,23H,10-14H2,1-2H3,(H,24,25). The third-order valence-corrected chi connectivity index (χ3v) is 5.12. The van der Waals surface area contributed by atoms with Crippen molar-refractivity contribution in [1.82, 2.24) is 10.6 Å². The van der Waals surface area contributed by atoms with Gasteiger partial charge in [-0.15, -0.1) is 0 Å². The van der Waals surface area contributed by atoms with Gasteiger partial charge in [0.05, 0.1) is 20.3 Å². The van der Waals surface area contributed by atoms with Gasteiger partial charge >= 0.3 is 0 Å². The van der Waals surface area contributed by atoms with Crippen molar-refractivity contribution < 1.29 is 14.3 Å². The maximum absolute atomic E-state index is 12.8. The number of carbonyl (C=O) groups excluding carboxylic acids is 1. The van der Waals surface area contributed by atoms with Crippen LogP contribution in [0.1, 0.15) is 30.0 Å². The zero-order valence-corrected chi connectivity index (χ0v) is 16.0. The highest BCUT2D eigenvalue weighted by atomic mass is 16.5. The number of nitrogens with one attached hydrogen (secondary N) is 2. The Kier molecular flexibility index (Phi) is 6.71. The number of rotatable bonds is 7. The van der Waals surface area contributed by atoms with Crippen LogP contribution in [0, 0.1) is 5.92 Å². The first-order valence-electron chi connectivity index (χ1n) is 9.48. The van der Waals surface area contributed by atoms with Gasteiger partial charge in [-0.2, -0.15) is 0 Å². The van der Waals surface area contributed by atoms with Crippen molar-refractivity contribution in [2.75, 3.05) is 27.3 Å². The molecule has 3 rings (SSSR count). The van der Waals surface area contributed by atoms with Crippen LogP contribution in [0.2, 0.25) is 0 Å².